The third-order valence-electron chi connectivity index (χ3n) is 6.99. The van der Waals surface area contributed by atoms with Crippen molar-refractivity contribution in [2.75, 3.05) is 7.11 Å². The van der Waals surface area contributed by atoms with Gasteiger partial charge in [-0.1, -0.05) is 53.7 Å². The maximum absolute atomic E-state index is 13.8. The van der Waals surface area contributed by atoms with Crippen molar-refractivity contribution in [3.63, 3.8) is 0 Å². The van der Waals surface area contributed by atoms with Crippen molar-refractivity contribution < 1.29 is 4.74 Å². The van der Waals surface area contributed by atoms with Crippen molar-refractivity contribution in [2.24, 2.45) is 0 Å². The van der Waals surface area contributed by atoms with Crippen molar-refractivity contribution in [1.82, 2.24) is 9.55 Å². The predicted octanol–water partition coefficient (Wildman–Crippen LogP) is 7.79. The fraction of sp³-hybridized carbons (Fsp3) is 0.105. The summed E-state index contributed by atoms with van der Waals surface area (Å²) in [6, 6.07) is 25.4. The first kappa shape index (κ1) is 28.0. The zero-order valence-corrected chi connectivity index (χ0v) is 24.1. The number of nitrogens with zero attached hydrogens (tertiary/aromatic N) is 2. The number of methoxy groups -OCH3 is 1. The summed E-state index contributed by atoms with van der Waals surface area (Å²) in [5.74, 6) is 10.4. The van der Waals surface area contributed by atoms with Crippen molar-refractivity contribution in [3.05, 3.63) is 141 Å². The summed E-state index contributed by atoms with van der Waals surface area (Å²) in [7, 11) is 1.67. The molecule has 0 saturated carbocycles. The van der Waals surface area contributed by atoms with Gasteiger partial charge in [0.1, 0.15) is 11.6 Å². The molecule has 0 saturated heterocycles. The lowest BCUT2D eigenvalue weighted by atomic mass is 10.1. The molecule has 0 fully saturated rings. The van der Waals surface area contributed by atoms with Crippen LogP contribution in [0.15, 0.2) is 113 Å². The van der Waals surface area contributed by atoms with Gasteiger partial charge in [-0.3, -0.25) is 9.36 Å². The number of hydrogen-bond donors (Lipinski definition) is 0. The summed E-state index contributed by atoms with van der Waals surface area (Å²) < 4.78 is 6.99. The van der Waals surface area contributed by atoms with Gasteiger partial charge in [-0.15, -0.1) is 6.42 Å². The van der Waals surface area contributed by atoms with Crippen LogP contribution in [0.5, 0.6) is 5.75 Å². The molecule has 1 heterocycles. The van der Waals surface area contributed by atoms with E-state index in [-0.39, 0.29) is 5.56 Å². The fourth-order valence-electron chi connectivity index (χ4n) is 4.74. The Morgan fingerprint density at radius 3 is 2.36 bits per heavy atom. The van der Waals surface area contributed by atoms with Gasteiger partial charge in [0.25, 0.3) is 5.56 Å². The maximum atomic E-state index is 13.8. The second-order valence-corrected chi connectivity index (χ2v) is 10.1. The molecule has 42 heavy (non-hydrogen) atoms. The average molecular weight is 547 g/mol. The van der Waals surface area contributed by atoms with Crippen LogP contribution in [0, 0.1) is 31.1 Å². The van der Waals surface area contributed by atoms with E-state index >= 15 is 0 Å². The molecule has 0 aliphatic rings. The van der Waals surface area contributed by atoms with Crippen LogP contribution < -0.4 is 10.3 Å². The fourth-order valence-corrected chi connectivity index (χ4v) is 4.74. The van der Waals surface area contributed by atoms with E-state index in [1.54, 1.807) is 23.8 Å². The number of rotatable bonds is 5. The quantitative estimate of drug-likeness (QED) is 0.167. The molecule has 0 aliphatic carbocycles. The monoisotopic (exact) mass is 546 g/mol. The Morgan fingerprint density at radius 2 is 1.62 bits per heavy atom. The second kappa shape index (κ2) is 12.3. The molecule has 4 nitrogen and oxygen atoms in total. The molecule has 0 radical (unpaired) electrons. The molecule has 0 aliphatic heterocycles. The lowest BCUT2D eigenvalue weighted by molar-refractivity contribution is 0.415. The number of aryl methyl sites for hydroxylation is 1. The maximum Gasteiger partial charge on any atom is 0.266 e. The number of para-hydroxylation sites is 1. The summed E-state index contributed by atoms with van der Waals surface area (Å²) in [6.07, 6.45) is 12.8. The molecule has 204 valence electrons. The molecule has 4 heteroatoms. The van der Waals surface area contributed by atoms with Crippen molar-refractivity contribution in [3.8, 4) is 35.6 Å². The van der Waals surface area contributed by atoms with Crippen LogP contribution in [0.3, 0.4) is 0 Å². The number of ether oxygens (including phenoxy) is 1. The molecule has 0 N–H and O–H groups in total. The SMILES string of the molecule is C#C/C=C\C(/C=C/c1nc2ccccc2c(=O)n1-c1ccc(C#Cc2ccc3cc(OC)ccc3c2)cc1C)=C(C)C. The van der Waals surface area contributed by atoms with Gasteiger partial charge < -0.3 is 4.74 Å². The molecule has 0 bridgehead atoms. The minimum absolute atomic E-state index is 0.132. The Bertz CT molecular complexity index is 2090. The topological polar surface area (TPSA) is 44.1 Å². The number of benzene rings is 4. The smallest absolute Gasteiger partial charge is 0.266 e. The second-order valence-electron chi connectivity index (χ2n) is 10.1. The van der Waals surface area contributed by atoms with E-state index in [4.69, 9.17) is 16.1 Å². The standard InChI is InChI=1S/C38H30N2O2/c1-6-7-10-30(26(2)3)19-22-37-39-35-12-9-8-11-34(35)38(41)40(37)36-21-16-28(23-27(36)4)13-14-29-15-17-32-25-33(42-5)20-18-31(32)24-29/h1,7-12,15-25H,2-5H3/b10-7-,22-19+. The summed E-state index contributed by atoms with van der Waals surface area (Å²) >= 11 is 0. The molecule has 0 atom stereocenters. The van der Waals surface area contributed by atoms with Crippen molar-refractivity contribution in [2.45, 2.75) is 20.8 Å². The van der Waals surface area contributed by atoms with E-state index in [0.29, 0.717) is 16.7 Å². The number of aromatic nitrogens is 2. The molecule has 5 aromatic rings. The van der Waals surface area contributed by atoms with Crippen LogP contribution in [-0.2, 0) is 0 Å². The van der Waals surface area contributed by atoms with Crippen LogP contribution in [0.2, 0.25) is 0 Å². The molecule has 1 aromatic heterocycles. The van der Waals surface area contributed by atoms with Gasteiger partial charge in [-0.25, -0.2) is 4.98 Å². The first-order valence-corrected chi connectivity index (χ1v) is 13.6. The summed E-state index contributed by atoms with van der Waals surface area (Å²) in [4.78, 5) is 18.6. The Balaban J connectivity index is 1.56. The van der Waals surface area contributed by atoms with Crippen LogP contribution in [0.25, 0.3) is 33.4 Å². The predicted molar refractivity (Wildman–Crippen MR) is 174 cm³/mol. The van der Waals surface area contributed by atoms with Crippen molar-refractivity contribution >= 4 is 27.8 Å². The van der Waals surface area contributed by atoms with Crippen molar-refractivity contribution in [1.29, 1.82) is 0 Å². The Kier molecular flexibility index (Phi) is 8.19. The molecular weight excluding hydrogens is 516 g/mol. The minimum Gasteiger partial charge on any atom is -0.497 e. The lowest BCUT2D eigenvalue weighted by Crippen LogP contribution is -2.23. The minimum atomic E-state index is -0.132. The molecular formula is C38H30N2O2. The third-order valence-corrected chi connectivity index (χ3v) is 6.99. The summed E-state index contributed by atoms with van der Waals surface area (Å²) in [5, 5.41) is 2.76. The van der Waals surface area contributed by atoms with Crippen LogP contribution in [0.1, 0.15) is 36.4 Å². The zero-order valence-electron chi connectivity index (χ0n) is 24.1. The molecule has 0 amide bonds. The van der Waals surface area contributed by atoms with Gasteiger partial charge in [-0.05, 0) is 116 Å². The number of allylic oxidation sites excluding steroid dienone is 5. The van der Waals surface area contributed by atoms with E-state index in [1.165, 1.54) is 0 Å². The normalized spacial score (nSPS) is 11.0. The van der Waals surface area contributed by atoms with Gasteiger partial charge >= 0.3 is 0 Å². The number of terminal acetylenes is 1. The first-order chi connectivity index (χ1) is 20.4. The van der Waals surface area contributed by atoms with Gasteiger partial charge in [0, 0.05) is 11.1 Å². The largest absolute Gasteiger partial charge is 0.497 e. The highest BCUT2D eigenvalue weighted by molar-refractivity contribution is 5.85. The van der Waals surface area contributed by atoms with Gasteiger partial charge in [-0.2, -0.15) is 0 Å². The van der Waals surface area contributed by atoms with Gasteiger partial charge in [0.05, 0.1) is 23.7 Å². The average Bonchev–Trinajstić information content (AvgIpc) is 3.00. The lowest BCUT2D eigenvalue weighted by Gasteiger charge is -2.14. The summed E-state index contributed by atoms with van der Waals surface area (Å²) in [6.45, 7) is 6.01. The molecule has 4 aromatic carbocycles. The molecule has 0 spiro atoms. The number of hydrogen-bond acceptors (Lipinski definition) is 3. The molecule has 5 rings (SSSR count). The van der Waals surface area contributed by atoms with Crippen LogP contribution in [0.4, 0.5) is 0 Å². The zero-order chi connectivity index (χ0) is 29.6. The van der Waals surface area contributed by atoms with Gasteiger partial charge in [0.15, 0.2) is 0 Å². The Labute approximate surface area is 246 Å². The van der Waals surface area contributed by atoms with E-state index in [2.05, 4.69) is 23.8 Å². The van der Waals surface area contributed by atoms with Crippen LogP contribution in [-0.4, -0.2) is 16.7 Å². The highest BCUT2D eigenvalue weighted by Crippen LogP contribution is 2.23. The van der Waals surface area contributed by atoms with Gasteiger partial charge in [0.2, 0.25) is 0 Å². The highest BCUT2D eigenvalue weighted by Gasteiger charge is 2.13. The molecule has 0 unspecified atom stereocenters. The van der Waals surface area contributed by atoms with Crippen LogP contribution >= 0.6 is 0 Å². The third kappa shape index (κ3) is 5.94. The van der Waals surface area contributed by atoms with E-state index in [0.717, 1.165) is 50.0 Å². The van der Waals surface area contributed by atoms with E-state index < -0.39 is 0 Å². The Hall–Kier alpha value is -5.58. The summed E-state index contributed by atoms with van der Waals surface area (Å²) in [5.41, 5.74) is 6.01. The van der Waals surface area contributed by atoms with E-state index in [9.17, 15) is 4.79 Å². The van der Waals surface area contributed by atoms with E-state index in [1.807, 2.05) is 106 Å². The number of fused-ring (bicyclic) bond motifs is 2. The Morgan fingerprint density at radius 1 is 0.905 bits per heavy atom. The highest BCUT2D eigenvalue weighted by atomic mass is 16.5. The first-order valence-electron chi connectivity index (χ1n) is 13.6.